The van der Waals surface area contributed by atoms with Gasteiger partial charge >= 0.3 is 0 Å². The van der Waals surface area contributed by atoms with Crippen LogP contribution in [0.4, 0.5) is 10.8 Å². The smallest absolute Gasteiger partial charge is 0.243 e. The fraction of sp³-hybridized carbons (Fsp3) is 0.286. The minimum absolute atomic E-state index is 0.341. The molecule has 0 unspecified atom stereocenters. The second-order valence-corrected chi connectivity index (χ2v) is 9.68. The molecule has 2 heterocycles. The Morgan fingerprint density at radius 2 is 1.83 bits per heavy atom. The summed E-state index contributed by atoms with van der Waals surface area (Å²) in [5, 5.41) is 5.99. The second kappa shape index (κ2) is 8.52. The number of thiazole rings is 1. The minimum atomic E-state index is -3.41. The molecule has 1 fully saturated rings. The summed E-state index contributed by atoms with van der Waals surface area (Å²) in [5.41, 5.74) is 2.59. The van der Waals surface area contributed by atoms with Crippen molar-refractivity contribution in [3.05, 3.63) is 53.9 Å². The average Bonchev–Trinajstić information content (AvgIpc) is 3.23. The quantitative estimate of drug-likeness (QED) is 0.613. The molecule has 8 heteroatoms. The fourth-order valence-corrected chi connectivity index (χ4v) is 5.60. The molecular formula is C21H23N3O3S2. The zero-order valence-corrected chi connectivity index (χ0v) is 17.8. The van der Waals surface area contributed by atoms with Gasteiger partial charge in [0.2, 0.25) is 10.0 Å². The topological polar surface area (TPSA) is 71.5 Å². The summed E-state index contributed by atoms with van der Waals surface area (Å²) in [4.78, 5) is 4.96. The summed E-state index contributed by atoms with van der Waals surface area (Å²) < 4.78 is 32.4. The van der Waals surface area contributed by atoms with Crippen molar-refractivity contribution < 1.29 is 13.2 Å². The van der Waals surface area contributed by atoms with Crippen molar-refractivity contribution in [2.75, 3.05) is 25.5 Å². The molecule has 0 radical (unpaired) electrons. The molecule has 2 aromatic carbocycles. The molecule has 0 aliphatic carbocycles. The lowest BCUT2D eigenvalue weighted by molar-refractivity contribution is 0.346. The fourth-order valence-electron chi connectivity index (χ4n) is 3.34. The third kappa shape index (κ3) is 4.44. The lowest BCUT2D eigenvalue weighted by Crippen LogP contribution is -2.35. The number of sulfonamides is 1. The first-order valence-electron chi connectivity index (χ1n) is 9.53. The van der Waals surface area contributed by atoms with E-state index >= 15 is 0 Å². The Hall–Kier alpha value is -2.42. The molecule has 1 N–H and O–H groups in total. The van der Waals surface area contributed by atoms with E-state index in [1.165, 1.54) is 11.3 Å². The molecule has 152 valence electrons. The maximum Gasteiger partial charge on any atom is 0.243 e. The van der Waals surface area contributed by atoms with Gasteiger partial charge in [-0.3, -0.25) is 0 Å². The number of nitrogens with one attached hydrogen (secondary N) is 1. The number of methoxy groups -OCH3 is 1. The normalized spacial score (nSPS) is 15.2. The highest BCUT2D eigenvalue weighted by atomic mass is 32.2. The molecule has 0 spiro atoms. The van der Waals surface area contributed by atoms with E-state index < -0.39 is 10.0 Å². The Morgan fingerprint density at radius 1 is 1.07 bits per heavy atom. The summed E-state index contributed by atoms with van der Waals surface area (Å²) in [5.74, 6) is 0.775. The van der Waals surface area contributed by atoms with Gasteiger partial charge in [-0.15, -0.1) is 11.3 Å². The largest absolute Gasteiger partial charge is 0.497 e. The number of piperidine rings is 1. The number of rotatable bonds is 6. The summed E-state index contributed by atoms with van der Waals surface area (Å²) in [6.07, 6.45) is 2.96. The van der Waals surface area contributed by atoms with Crippen molar-refractivity contribution in [2.45, 2.75) is 24.2 Å². The molecule has 1 aliphatic rings. The molecule has 0 amide bonds. The maximum atomic E-state index is 12.8. The van der Waals surface area contributed by atoms with Gasteiger partial charge < -0.3 is 10.1 Å². The molecule has 29 heavy (non-hydrogen) atoms. The summed E-state index contributed by atoms with van der Waals surface area (Å²) in [6.45, 7) is 1.21. The number of aromatic nitrogens is 1. The van der Waals surface area contributed by atoms with Gasteiger partial charge in [0, 0.05) is 35.8 Å². The standard InChI is InChI=1S/C21H23N3O3S2/c1-27-18-7-5-6-17(14-18)22-21-23-20(15-28-21)16-8-10-19(11-9-16)29(25,26)24-12-3-2-4-13-24/h5-11,14-15H,2-4,12-13H2,1H3,(H,22,23). The maximum absolute atomic E-state index is 12.8. The van der Waals surface area contributed by atoms with Crippen LogP contribution in [0.15, 0.2) is 58.8 Å². The van der Waals surface area contributed by atoms with Crippen LogP contribution in [0.1, 0.15) is 19.3 Å². The van der Waals surface area contributed by atoms with Gasteiger partial charge in [0.1, 0.15) is 5.75 Å². The Kier molecular flexibility index (Phi) is 5.84. The van der Waals surface area contributed by atoms with Crippen LogP contribution >= 0.6 is 11.3 Å². The minimum Gasteiger partial charge on any atom is -0.497 e. The second-order valence-electron chi connectivity index (χ2n) is 6.88. The van der Waals surface area contributed by atoms with Gasteiger partial charge in [-0.1, -0.05) is 24.6 Å². The Bertz CT molecular complexity index is 1070. The van der Waals surface area contributed by atoms with Gasteiger partial charge in [-0.2, -0.15) is 4.31 Å². The first kappa shape index (κ1) is 19.9. The SMILES string of the molecule is COc1cccc(Nc2nc(-c3ccc(S(=O)(=O)N4CCCCC4)cc3)cs2)c1. The van der Waals surface area contributed by atoms with Crippen LogP contribution in [0.2, 0.25) is 0 Å². The van der Waals surface area contributed by atoms with Gasteiger partial charge in [-0.25, -0.2) is 13.4 Å². The highest BCUT2D eigenvalue weighted by Gasteiger charge is 2.25. The highest BCUT2D eigenvalue weighted by Crippen LogP contribution is 2.29. The Labute approximate surface area is 175 Å². The van der Waals surface area contributed by atoms with Crippen LogP contribution in [0.3, 0.4) is 0 Å². The van der Waals surface area contributed by atoms with E-state index in [0.29, 0.717) is 18.0 Å². The number of hydrogen-bond donors (Lipinski definition) is 1. The number of anilines is 2. The van der Waals surface area contributed by atoms with E-state index in [1.807, 2.05) is 41.8 Å². The van der Waals surface area contributed by atoms with E-state index in [4.69, 9.17) is 4.74 Å². The van der Waals surface area contributed by atoms with Gasteiger partial charge in [0.25, 0.3) is 0 Å². The molecule has 0 atom stereocenters. The monoisotopic (exact) mass is 429 g/mol. The zero-order chi connectivity index (χ0) is 20.3. The molecule has 4 rings (SSSR count). The van der Waals surface area contributed by atoms with Crippen molar-refractivity contribution in [2.24, 2.45) is 0 Å². The van der Waals surface area contributed by atoms with Crippen molar-refractivity contribution in [3.63, 3.8) is 0 Å². The number of ether oxygens (including phenoxy) is 1. The van der Waals surface area contributed by atoms with E-state index in [0.717, 1.165) is 47.1 Å². The molecule has 3 aromatic rings. The molecule has 1 aliphatic heterocycles. The molecule has 6 nitrogen and oxygen atoms in total. The molecular weight excluding hydrogens is 406 g/mol. The Balaban J connectivity index is 1.49. The van der Waals surface area contributed by atoms with Crippen LogP contribution < -0.4 is 10.1 Å². The Morgan fingerprint density at radius 3 is 2.55 bits per heavy atom. The third-order valence-electron chi connectivity index (χ3n) is 4.93. The van der Waals surface area contributed by atoms with Crippen LogP contribution in [0.25, 0.3) is 11.3 Å². The lowest BCUT2D eigenvalue weighted by atomic mass is 10.2. The van der Waals surface area contributed by atoms with Crippen LogP contribution in [0.5, 0.6) is 5.75 Å². The number of nitrogens with zero attached hydrogens (tertiary/aromatic N) is 2. The van der Waals surface area contributed by atoms with Crippen LogP contribution in [-0.4, -0.2) is 37.9 Å². The van der Waals surface area contributed by atoms with E-state index in [9.17, 15) is 8.42 Å². The lowest BCUT2D eigenvalue weighted by Gasteiger charge is -2.25. The van der Waals surface area contributed by atoms with Crippen molar-refractivity contribution in [1.29, 1.82) is 0 Å². The molecule has 1 saturated heterocycles. The van der Waals surface area contributed by atoms with Gasteiger partial charge in [0.05, 0.1) is 17.7 Å². The molecule has 0 bridgehead atoms. The predicted molar refractivity (Wildman–Crippen MR) is 116 cm³/mol. The summed E-state index contributed by atoms with van der Waals surface area (Å²) >= 11 is 1.50. The van der Waals surface area contributed by atoms with Crippen LogP contribution in [-0.2, 0) is 10.0 Å². The van der Waals surface area contributed by atoms with Crippen LogP contribution in [0, 0.1) is 0 Å². The van der Waals surface area contributed by atoms with E-state index in [1.54, 1.807) is 23.5 Å². The average molecular weight is 430 g/mol. The molecule has 1 aromatic heterocycles. The predicted octanol–water partition coefficient (Wildman–Crippen LogP) is 4.74. The van der Waals surface area contributed by atoms with Gasteiger partial charge in [-0.05, 0) is 37.1 Å². The first-order valence-corrected chi connectivity index (χ1v) is 11.9. The van der Waals surface area contributed by atoms with Crippen molar-refractivity contribution in [1.82, 2.24) is 9.29 Å². The van der Waals surface area contributed by atoms with Crippen molar-refractivity contribution >= 4 is 32.2 Å². The summed E-state index contributed by atoms with van der Waals surface area (Å²) in [6, 6.07) is 14.6. The van der Waals surface area contributed by atoms with E-state index in [-0.39, 0.29) is 0 Å². The highest BCUT2D eigenvalue weighted by molar-refractivity contribution is 7.89. The third-order valence-corrected chi connectivity index (χ3v) is 7.60. The number of hydrogen-bond acceptors (Lipinski definition) is 6. The zero-order valence-electron chi connectivity index (χ0n) is 16.2. The molecule has 0 saturated carbocycles. The van der Waals surface area contributed by atoms with Crippen molar-refractivity contribution in [3.8, 4) is 17.0 Å². The van der Waals surface area contributed by atoms with E-state index in [2.05, 4.69) is 10.3 Å². The number of benzene rings is 2. The first-order chi connectivity index (χ1) is 14.1. The summed E-state index contributed by atoms with van der Waals surface area (Å²) in [7, 11) is -1.78. The van der Waals surface area contributed by atoms with Gasteiger partial charge in [0.15, 0.2) is 5.13 Å².